The lowest BCUT2D eigenvalue weighted by Gasteiger charge is -2.01. The predicted octanol–water partition coefficient (Wildman–Crippen LogP) is 4.95. The molecule has 0 heterocycles. The smallest absolute Gasteiger partial charge is 0.0190 e. The number of rotatable bonds is 2. The van der Waals surface area contributed by atoms with E-state index in [0.29, 0.717) is 5.92 Å². The molecule has 0 saturated heterocycles. The summed E-state index contributed by atoms with van der Waals surface area (Å²) < 4.78 is 0. The summed E-state index contributed by atoms with van der Waals surface area (Å²) in [5.74, 6) is 0.409. The Hall–Kier alpha value is -1.82. The van der Waals surface area contributed by atoms with Crippen LogP contribution >= 0.6 is 0 Å². The molecule has 2 rings (SSSR count). The molecule has 0 spiro atoms. The first-order valence-electron chi connectivity index (χ1n) is 5.79. The Morgan fingerprint density at radius 1 is 0.882 bits per heavy atom. The summed E-state index contributed by atoms with van der Waals surface area (Å²) in [4.78, 5) is 0. The summed E-state index contributed by atoms with van der Waals surface area (Å²) in [6, 6.07) is 20.3. The molecular weight excluding hydrogens is 204 g/mol. The Morgan fingerprint density at radius 2 is 1.35 bits per heavy atom. The Balaban J connectivity index is 0.000000171. The molecule has 0 fully saturated rings. The van der Waals surface area contributed by atoms with Crippen LogP contribution in [0.25, 0.3) is 6.08 Å². The average Bonchev–Trinajstić information content (AvgIpc) is 2.41. The highest BCUT2D eigenvalue weighted by Crippen LogP contribution is 2.11. The zero-order valence-corrected chi connectivity index (χ0v) is 10.3. The van der Waals surface area contributed by atoms with Crippen molar-refractivity contribution in [3.05, 3.63) is 85.3 Å². The second kappa shape index (κ2) is 7.45. The fourth-order valence-electron chi connectivity index (χ4n) is 1.37. The van der Waals surface area contributed by atoms with Crippen molar-refractivity contribution in [2.45, 2.75) is 12.8 Å². The fraction of sp³-hybridized carbons (Fsp3) is 0.118. The van der Waals surface area contributed by atoms with Gasteiger partial charge in [0.15, 0.2) is 0 Å². The third-order valence-electron chi connectivity index (χ3n) is 2.40. The van der Waals surface area contributed by atoms with Crippen molar-refractivity contribution in [1.29, 1.82) is 0 Å². The van der Waals surface area contributed by atoms with Crippen LogP contribution in [0.2, 0.25) is 0 Å². The maximum absolute atomic E-state index is 3.91. The summed E-state index contributed by atoms with van der Waals surface area (Å²) in [6.07, 6.45) is 1.83. The summed E-state index contributed by atoms with van der Waals surface area (Å²) in [5, 5.41) is 0. The van der Waals surface area contributed by atoms with E-state index in [1.165, 1.54) is 11.1 Å². The van der Waals surface area contributed by atoms with Crippen molar-refractivity contribution in [3.63, 3.8) is 0 Å². The lowest BCUT2D eigenvalue weighted by Crippen LogP contribution is -1.83. The zero-order valence-electron chi connectivity index (χ0n) is 10.3. The lowest BCUT2D eigenvalue weighted by molar-refractivity contribution is 0.964. The van der Waals surface area contributed by atoms with Crippen LogP contribution in [0.1, 0.15) is 24.0 Å². The van der Waals surface area contributed by atoms with Crippen molar-refractivity contribution in [3.8, 4) is 0 Å². The maximum atomic E-state index is 3.91. The first-order valence-corrected chi connectivity index (χ1v) is 5.79. The van der Waals surface area contributed by atoms with Gasteiger partial charge in [0.1, 0.15) is 0 Å². The molecule has 0 aliphatic carbocycles. The second-order valence-corrected chi connectivity index (χ2v) is 3.93. The third kappa shape index (κ3) is 5.17. The van der Waals surface area contributed by atoms with Gasteiger partial charge in [-0.05, 0) is 24.0 Å². The highest BCUT2D eigenvalue weighted by Gasteiger charge is 1.93. The number of hydrogen-bond acceptors (Lipinski definition) is 0. The molecule has 0 aromatic heterocycles. The monoisotopic (exact) mass is 223 g/mol. The first kappa shape index (κ1) is 13.2. The van der Waals surface area contributed by atoms with Gasteiger partial charge >= 0.3 is 0 Å². The molecule has 1 radical (unpaired) electrons. The molecule has 0 amide bonds. The summed E-state index contributed by atoms with van der Waals surface area (Å²) >= 11 is 0. The Kier molecular flexibility index (Phi) is 5.81. The van der Waals surface area contributed by atoms with Crippen molar-refractivity contribution in [2.24, 2.45) is 0 Å². The molecule has 0 N–H and O–H groups in total. The van der Waals surface area contributed by atoms with E-state index in [1.807, 2.05) is 54.6 Å². The van der Waals surface area contributed by atoms with Gasteiger partial charge in [0.2, 0.25) is 0 Å². The van der Waals surface area contributed by atoms with Crippen LogP contribution in [-0.4, -0.2) is 0 Å². The van der Waals surface area contributed by atoms with E-state index < -0.39 is 0 Å². The molecule has 1 atom stereocenters. The standard InChI is InChI=1S/C9H11.C8H8/c1-8(2)9-6-4-3-5-7-9;1-2-8-6-4-3-5-7-8/h3-8H,1H2,2H3;2-7H,1H2. The van der Waals surface area contributed by atoms with E-state index in [9.17, 15) is 0 Å². The molecule has 0 nitrogen and oxygen atoms in total. The lowest BCUT2D eigenvalue weighted by atomic mass is 10.0. The Bertz CT molecular complexity index is 412. The van der Waals surface area contributed by atoms with Crippen LogP contribution in [0.5, 0.6) is 0 Å². The number of benzene rings is 2. The summed E-state index contributed by atoms with van der Waals surface area (Å²) in [7, 11) is 0. The van der Waals surface area contributed by atoms with Gasteiger partial charge in [-0.25, -0.2) is 0 Å². The van der Waals surface area contributed by atoms with E-state index in [2.05, 4.69) is 32.6 Å². The van der Waals surface area contributed by atoms with Crippen LogP contribution in [-0.2, 0) is 0 Å². The molecule has 2 aromatic carbocycles. The average molecular weight is 223 g/mol. The van der Waals surface area contributed by atoms with Gasteiger partial charge in [-0.3, -0.25) is 0 Å². The van der Waals surface area contributed by atoms with Crippen molar-refractivity contribution >= 4 is 6.08 Å². The van der Waals surface area contributed by atoms with Gasteiger partial charge in [-0.1, -0.05) is 80.2 Å². The Labute approximate surface area is 105 Å². The minimum Gasteiger partial charge on any atom is -0.0985 e. The highest BCUT2D eigenvalue weighted by molar-refractivity contribution is 5.45. The Morgan fingerprint density at radius 3 is 1.65 bits per heavy atom. The van der Waals surface area contributed by atoms with Crippen LogP contribution in [0.4, 0.5) is 0 Å². The van der Waals surface area contributed by atoms with Crippen LogP contribution in [0.3, 0.4) is 0 Å². The largest absolute Gasteiger partial charge is 0.0985 e. The molecule has 1 unspecified atom stereocenters. The molecular formula is C17H19. The molecule has 0 saturated carbocycles. The van der Waals surface area contributed by atoms with E-state index in [-0.39, 0.29) is 0 Å². The molecule has 0 heteroatoms. The molecule has 87 valence electrons. The van der Waals surface area contributed by atoms with Crippen LogP contribution < -0.4 is 0 Å². The summed E-state index contributed by atoms with van der Waals surface area (Å²) in [6.45, 7) is 9.63. The van der Waals surface area contributed by atoms with Crippen LogP contribution in [0, 0.1) is 6.92 Å². The first-order chi connectivity index (χ1) is 8.24. The normalized spacial score (nSPS) is 9.35. The van der Waals surface area contributed by atoms with Gasteiger partial charge < -0.3 is 0 Å². The van der Waals surface area contributed by atoms with E-state index in [0.717, 1.165) is 0 Å². The molecule has 0 aliphatic heterocycles. The van der Waals surface area contributed by atoms with Crippen molar-refractivity contribution in [2.75, 3.05) is 0 Å². The van der Waals surface area contributed by atoms with Gasteiger partial charge in [-0.15, -0.1) is 0 Å². The third-order valence-corrected chi connectivity index (χ3v) is 2.40. The van der Waals surface area contributed by atoms with Crippen molar-refractivity contribution in [1.82, 2.24) is 0 Å². The zero-order chi connectivity index (χ0) is 12.5. The maximum Gasteiger partial charge on any atom is -0.0190 e. The van der Waals surface area contributed by atoms with Gasteiger partial charge in [0.05, 0.1) is 0 Å². The highest BCUT2D eigenvalue weighted by atomic mass is 14.0. The van der Waals surface area contributed by atoms with E-state index >= 15 is 0 Å². The minimum atomic E-state index is 0.409. The van der Waals surface area contributed by atoms with E-state index in [1.54, 1.807) is 0 Å². The van der Waals surface area contributed by atoms with Crippen LogP contribution in [0.15, 0.2) is 67.2 Å². The molecule has 0 bridgehead atoms. The quantitative estimate of drug-likeness (QED) is 0.675. The fourth-order valence-corrected chi connectivity index (χ4v) is 1.37. The second-order valence-electron chi connectivity index (χ2n) is 3.93. The minimum absolute atomic E-state index is 0.409. The predicted molar refractivity (Wildman–Crippen MR) is 76.7 cm³/mol. The van der Waals surface area contributed by atoms with Gasteiger partial charge in [0.25, 0.3) is 0 Å². The SMILES string of the molecule is C=Cc1ccccc1.[CH2]C(C)c1ccccc1. The topological polar surface area (TPSA) is 0 Å². The van der Waals surface area contributed by atoms with Crippen molar-refractivity contribution < 1.29 is 0 Å². The van der Waals surface area contributed by atoms with Gasteiger partial charge in [-0.2, -0.15) is 0 Å². The van der Waals surface area contributed by atoms with Gasteiger partial charge in [0, 0.05) is 0 Å². The number of hydrogen-bond donors (Lipinski definition) is 0. The molecule has 2 aromatic rings. The van der Waals surface area contributed by atoms with E-state index in [4.69, 9.17) is 0 Å². The summed E-state index contributed by atoms with van der Waals surface area (Å²) in [5.41, 5.74) is 2.48. The molecule has 17 heavy (non-hydrogen) atoms. The molecule has 0 aliphatic rings.